The highest BCUT2D eigenvalue weighted by Gasteiger charge is 2.71. The van der Waals surface area contributed by atoms with Crippen molar-refractivity contribution >= 4 is 23.7 Å². The smallest absolute Gasteiger partial charge is 0.308 e. The van der Waals surface area contributed by atoms with Crippen LogP contribution in [0.3, 0.4) is 0 Å². The van der Waals surface area contributed by atoms with Crippen LogP contribution in [-0.2, 0) is 28.6 Å². The molecule has 8 heteroatoms. The molecule has 5 rings (SSSR count). The SMILES string of the molecule is COC(=O)C[C@H]1C(C)C(OC(=O)C(C)C)C2C(C)[C@]1(C)C1CC[C@@](C)(C(=O)c3ccoc3)C3CC(=O)O[C@H]2C13. The highest BCUT2D eigenvalue weighted by molar-refractivity contribution is 6.00. The van der Waals surface area contributed by atoms with Gasteiger partial charge in [0.2, 0.25) is 0 Å². The van der Waals surface area contributed by atoms with E-state index in [0.29, 0.717) is 12.0 Å². The minimum atomic E-state index is -0.762. The van der Waals surface area contributed by atoms with Gasteiger partial charge in [-0.15, -0.1) is 0 Å². The fourth-order valence-electron chi connectivity index (χ4n) is 9.27. The lowest BCUT2D eigenvalue weighted by molar-refractivity contribution is -0.277. The molecule has 2 bridgehead atoms. The predicted molar refractivity (Wildman–Crippen MR) is 140 cm³/mol. The number of Topliss-reactive ketones (excluding diaryl/α,β-unsaturated/α-hetero) is 1. The molecular weight excluding hydrogens is 500 g/mol. The van der Waals surface area contributed by atoms with Crippen molar-refractivity contribution in [3.63, 3.8) is 0 Å². The molecule has 1 aromatic heterocycles. The Bertz CT molecular complexity index is 1140. The molecule has 0 N–H and O–H groups in total. The van der Waals surface area contributed by atoms with Crippen LogP contribution in [0, 0.1) is 58.2 Å². The molecule has 1 aromatic rings. The first-order valence-corrected chi connectivity index (χ1v) is 14.4. The first kappa shape index (κ1) is 27.9. The lowest BCUT2D eigenvalue weighted by atomic mass is 9.36. The van der Waals surface area contributed by atoms with E-state index in [1.54, 1.807) is 19.9 Å². The summed E-state index contributed by atoms with van der Waals surface area (Å²) in [5.74, 6) is -1.85. The Morgan fingerprint density at radius 2 is 1.85 bits per heavy atom. The van der Waals surface area contributed by atoms with E-state index in [0.717, 1.165) is 6.42 Å². The summed E-state index contributed by atoms with van der Waals surface area (Å²) in [6.45, 7) is 12.1. The van der Waals surface area contributed by atoms with Gasteiger partial charge in [-0.25, -0.2) is 0 Å². The lowest BCUT2D eigenvalue weighted by Crippen LogP contribution is -2.71. The fourth-order valence-corrected chi connectivity index (χ4v) is 9.27. The number of carbonyl (C=O) groups excluding carboxylic acids is 4. The number of furan rings is 1. The molecule has 0 aromatic carbocycles. The molecule has 3 saturated carbocycles. The Hall–Kier alpha value is -2.64. The average Bonchev–Trinajstić information content (AvgIpc) is 3.43. The number of esters is 3. The third-order valence-electron chi connectivity index (χ3n) is 11.5. The van der Waals surface area contributed by atoms with Crippen molar-refractivity contribution in [2.24, 2.45) is 58.2 Å². The summed E-state index contributed by atoms with van der Waals surface area (Å²) in [6.07, 6.45) is 3.81. The third-order valence-corrected chi connectivity index (χ3v) is 11.5. The highest BCUT2D eigenvalue weighted by Crippen LogP contribution is 2.70. The van der Waals surface area contributed by atoms with Crippen molar-refractivity contribution in [3.05, 3.63) is 24.2 Å². The summed E-state index contributed by atoms with van der Waals surface area (Å²) in [7, 11) is 1.40. The van der Waals surface area contributed by atoms with Crippen molar-refractivity contribution in [2.45, 2.75) is 79.4 Å². The molecule has 4 fully saturated rings. The number of fused-ring (bicyclic) bond motifs is 4. The third kappa shape index (κ3) is 4.07. The summed E-state index contributed by atoms with van der Waals surface area (Å²) in [6, 6.07) is 1.69. The molecule has 214 valence electrons. The molecule has 39 heavy (non-hydrogen) atoms. The van der Waals surface area contributed by atoms with Crippen molar-refractivity contribution in [3.8, 4) is 0 Å². The highest BCUT2D eigenvalue weighted by atomic mass is 16.6. The van der Waals surface area contributed by atoms with Crippen molar-refractivity contribution in [1.82, 2.24) is 0 Å². The number of hydrogen-bond donors (Lipinski definition) is 0. The zero-order chi connectivity index (χ0) is 28.4. The summed E-state index contributed by atoms with van der Waals surface area (Å²) in [4.78, 5) is 52.8. The van der Waals surface area contributed by atoms with E-state index in [1.807, 2.05) is 6.92 Å². The maximum Gasteiger partial charge on any atom is 0.308 e. The van der Waals surface area contributed by atoms with Gasteiger partial charge in [0, 0.05) is 30.1 Å². The Morgan fingerprint density at radius 1 is 1.13 bits per heavy atom. The first-order chi connectivity index (χ1) is 18.4. The Kier molecular flexibility index (Phi) is 6.99. The van der Waals surface area contributed by atoms with Crippen LogP contribution in [-0.4, -0.2) is 43.0 Å². The van der Waals surface area contributed by atoms with Gasteiger partial charge in [0.05, 0.1) is 24.9 Å². The summed E-state index contributed by atoms with van der Waals surface area (Å²) in [5.41, 5.74) is -0.549. The molecule has 11 atom stereocenters. The maximum absolute atomic E-state index is 13.9. The van der Waals surface area contributed by atoms with Crippen LogP contribution in [0.25, 0.3) is 0 Å². The zero-order valence-corrected chi connectivity index (χ0v) is 24.1. The molecule has 7 unspecified atom stereocenters. The lowest BCUT2D eigenvalue weighted by Gasteiger charge is -2.70. The van der Waals surface area contributed by atoms with Crippen LogP contribution in [0.4, 0.5) is 0 Å². The normalized spacial score (nSPS) is 42.8. The van der Waals surface area contributed by atoms with Gasteiger partial charge in [-0.2, -0.15) is 0 Å². The Morgan fingerprint density at radius 3 is 2.46 bits per heavy atom. The van der Waals surface area contributed by atoms with Crippen LogP contribution in [0.1, 0.15) is 77.6 Å². The van der Waals surface area contributed by atoms with Gasteiger partial charge in [-0.3, -0.25) is 19.2 Å². The van der Waals surface area contributed by atoms with Crippen molar-refractivity contribution in [2.75, 3.05) is 7.11 Å². The second-order valence-electron chi connectivity index (χ2n) is 13.3. The quantitative estimate of drug-likeness (QED) is 0.278. The number of rotatable bonds is 6. The molecule has 2 heterocycles. The van der Waals surface area contributed by atoms with E-state index < -0.39 is 17.6 Å². The van der Waals surface area contributed by atoms with Crippen LogP contribution < -0.4 is 0 Å². The van der Waals surface area contributed by atoms with Gasteiger partial charge >= 0.3 is 17.9 Å². The standard InChI is InChI=1S/C31H42O8/c1-15(2)29(35)39-26-16(3)20(12-22(32)36-7)31(6)17(4)24(26)27-25-19(31)8-10-30(5,21(25)13-23(33)38-27)28(34)18-9-11-37-14-18/h9,11,14-17,19-21,24-27H,8,10,12-13H2,1-7H3/t16?,17?,19?,20-,21?,24?,25?,26?,27+,30+,31+/m0/s1. The molecule has 1 saturated heterocycles. The van der Waals surface area contributed by atoms with E-state index in [1.165, 1.54) is 19.6 Å². The maximum atomic E-state index is 13.9. The van der Waals surface area contributed by atoms with Gasteiger partial charge in [0.25, 0.3) is 0 Å². The molecule has 0 radical (unpaired) electrons. The zero-order valence-electron chi connectivity index (χ0n) is 24.1. The van der Waals surface area contributed by atoms with Gasteiger partial charge in [-0.1, -0.05) is 41.5 Å². The molecule has 1 aliphatic heterocycles. The van der Waals surface area contributed by atoms with E-state index in [4.69, 9.17) is 18.6 Å². The molecular formula is C31H42O8. The van der Waals surface area contributed by atoms with Crippen LogP contribution >= 0.6 is 0 Å². The van der Waals surface area contributed by atoms with E-state index in [2.05, 4.69) is 20.8 Å². The number of ether oxygens (including phenoxy) is 3. The van der Waals surface area contributed by atoms with Gasteiger partial charge in [0.15, 0.2) is 5.78 Å². The van der Waals surface area contributed by atoms with Gasteiger partial charge in [-0.05, 0) is 53.9 Å². The average molecular weight is 543 g/mol. The van der Waals surface area contributed by atoms with Crippen LogP contribution in [0.15, 0.2) is 23.0 Å². The summed E-state index contributed by atoms with van der Waals surface area (Å²) in [5, 5.41) is 0. The summed E-state index contributed by atoms with van der Waals surface area (Å²) < 4.78 is 22.8. The second-order valence-corrected chi connectivity index (χ2v) is 13.3. The van der Waals surface area contributed by atoms with Crippen LogP contribution in [0.2, 0.25) is 0 Å². The first-order valence-electron chi connectivity index (χ1n) is 14.4. The predicted octanol–water partition coefficient (Wildman–Crippen LogP) is 5.10. The second kappa shape index (κ2) is 9.77. The van der Waals surface area contributed by atoms with Crippen LogP contribution in [0.5, 0.6) is 0 Å². The molecule has 8 nitrogen and oxygen atoms in total. The van der Waals surface area contributed by atoms with Crippen molar-refractivity contribution < 1.29 is 37.8 Å². The minimum absolute atomic E-state index is 0.00986. The molecule has 3 aliphatic carbocycles. The number of carbonyl (C=O) groups is 4. The van der Waals surface area contributed by atoms with E-state index >= 15 is 0 Å². The molecule has 0 amide bonds. The Labute approximate surface area is 230 Å². The van der Waals surface area contributed by atoms with E-state index in [9.17, 15) is 19.2 Å². The molecule has 4 aliphatic rings. The Balaban J connectivity index is 1.63. The van der Waals surface area contributed by atoms with E-state index in [-0.39, 0.29) is 89.3 Å². The fraction of sp³-hybridized carbons (Fsp3) is 0.742. The topological polar surface area (TPSA) is 109 Å². The number of methoxy groups -OCH3 is 1. The monoisotopic (exact) mass is 542 g/mol. The minimum Gasteiger partial charge on any atom is -0.472 e. The number of hydrogen-bond acceptors (Lipinski definition) is 8. The summed E-state index contributed by atoms with van der Waals surface area (Å²) >= 11 is 0. The van der Waals surface area contributed by atoms with Crippen molar-refractivity contribution in [1.29, 1.82) is 0 Å². The molecule has 0 spiro atoms. The van der Waals surface area contributed by atoms with Gasteiger partial charge in [0.1, 0.15) is 18.5 Å². The number of ketones is 1. The van der Waals surface area contributed by atoms with Gasteiger partial charge < -0.3 is 18.6 Å². The largest absolute Gasteiger partial charge is 0.472 e.